The van der Waals surface area contributed by atoms with Crippen LogP contribution >= 0.6 is 0 Å². The van der Waals surface area contributed by atoms with Crippen LogP contribution in [0.25, 0.3) is 17.0 Å². The van der Waals surface area contributed by atoms with Crippen molar-refractivity contribution in [1.82, 2.24) is 14.8 Å². The zero-order valence-corrected chi connectivity index (χ0v) is 11.5. The molecule has 0 aliphatic carbocycles. The molecule has 5 nitrogen and oxygen atoms in total. The van der Waals surface area contributed by atoms with Gasteiger partial charge in [-0.1, -0.05) is 18.2 Å². The molecule has 0 aliphatic heterocycles. The number of pyridine rings is 1. The average molecular weight is 278 g/mol. The highest BCUT2D eigenvalue weighted by Gasteiger charge is 2.01. The summed E-state index contributed by atoms with van der Waals surface area (Å²) in [6.45, 7) is 0. The number of aromatic nitrogens is 3. The van der Waals surface area contributed by atoms with Crippen LogP contribution in [-0.2, 0) is 11.8 Å². The third-order valence-electron chi connectivity index (χ3n) is 3.11. The van der Waals surface area contributed by atoms with Crippen molar-refractivity contribution < 1.29 is 4.79 Å². The topological polar surface area (TPSA) is 59.8 Å². The summed E-state index contributed by atoms with van der Waals surface area (Å²) in [6.07, 6.45) is 4.86. The lowest BCUT2D eigenvalue weighted by Crippen LogP contribution is -2.09. The number of benzene rings is 1. The largest absolute Gasteiger partial charge is 0.307 e. The van der Waals surface area contributed by atoms with Crippen LogP contribution < -0.4 is 5.32 Å². The van der Waals surface area contributed by atoms with Crippen LogP contribution in [0.2, 0.25) is 0 Å². The predicted octanol–water partition coefficient (Wildman–Crippen LogP) is 2.62. The van der Waals surface area contributed by atoms with Crippen molar-refractivity contribution >= 4 is 28.7 Å². The van der Waals surface area contributed by atoms with Crippen LogP contribution in [0.15, 0.2) is 54.7 Å². The second-order valence-corrected chi connectivity index (χ2v) is 4.59. The predicted molar refractivity (Wildman–Crippen MR) is 82.6 cm³/mol. The van der Waals surface area contributed by atoms with Crippen molar-refractivity contribution in [1.29, 1.82) is 0 Å². The van der Waals surface area contributed by atoms with Gasteiger partial charge in [-0.2, -0.15) is 5.10 Å². The lowest BCUT2D eigenvalue weighted by atomic mass is 10.2. The smallest absolute Gasteiger partial charge is 0.249 e. The van der Waals surface area contributed by atoms with Gasteiger partial charge in [-0.3, -0.25) is 9.48 Å². The Bertz CT molecular complexity index is 820. The Hall–Kier alpha value is -2.95. The van der Waals surface area contributed by atoms with Gasteiger partial charge in [-0.15, -0.1) is 0 Å². The fourth-order valence-electron chi connectivity index (χ4n) is 2.01. The van der Waals surface area contributed by atoms with E-state index in [1.807, 2.05) is 43.4 Å². The lowest BCUT2D eigenvalue weighted by molar-refractivity contribution is -0.111. The van der Waals surface area contributed by atoms with E-state index in [0.29, 0.717) is 5.82 Å². The van der Waals surface area contributed by atoms with E-state index in [0.717, 1.165) is 16.6 Å². The molecule has 0 bridgehead atoms. The van der Waals surface area contributed by atoms with E-state index in [2.05, 4.69) is 15.4 Å². The molecule has 0 radical (unpaired) electrons. The molecule has 0 fully saturated rings. The number of rotatable bonds is 3. The number of anilines is 1. The van der Waals surface area contributed by atoms with E-state index in [1.54, 1.807) is 23.0 Å². The molecule has 21 heavy (non-hydrogen) atoms. The molecule has 5 heteroatoms. The Morgan fingerprint density at radius 2 is 2.05 bits per heavy atom. The summed E-state index contributed by atoms with van der Waals surface area (Å²) in [4.78, 5) is 16.3. The van der Waals surface area contributed by atoms with E-state index in [4.69, 9.17) is 0 Å². The first kappa shape index (κ1) is 13.1. The molecule has 3 rings (SSSR count). The second-order valence-electron chi connectivity index (χ2n) is 4.59. The molecule has 0 aliphatic rings. The Labute approximate surface area is 121 Å². The molecular weight excluding hydrogens is 264 g/mol. The fourth-order valence-corrected chi connectivity index (χ4v) is 2.01. The summed E-state index contributed by atoms with van der Waals surface area (Å²) < 4.78 is 1.69. The minimum atomic E-state index is -0.223. The molecule has 0 spiro atoms. The van der Waals surface area contributed by atoms with Crippen molar-refractivity contribution in [3.8, 4) is 0 Å². The first-order valence-electron chi connectivity index (χ1n) is 6.55. The van der Waals surface area contributed by atoms with Gasteiger partial charge >= 0.3 is 0 Å². The number of nitrogens with one attached hydrogen (secondary N) is 1. The standard InChI is InChI=1S/C16H14N4O/c1-20-13(10-11-17-20)7-9-16(21)19-15-8-6-12-4-2-3-5-14(12)18-15/h2-11H,1H3,(H,18,19,21)/b9-7+. The first-order valence-corrected chi connectivity index (χ1v) is 6.55. The molecule has 1 N–H and O–H groups in total. The summed E-state index contributed by atoms with van der Waals surface area (Å²) >= 11 is 0. The van der Waals surface area contributed by atoms with Gasteiger partial charge < -0.3 is 5.32 Å². The van der Waals surface area contributed by atoms with Crippen LogP contribution in [0.4, 0.5) is 5.82 Å². The minimum absolute atomic E-state index is 0.223. The first-order chi connectivity index (χ1) is 10.2. The summed E-state index contributed by atoms with van der Waals surface area (Å²) in [6, 6.07) is 13.3. The molecule has 0 saturated carbocycles. The summed E-state index contributed by atoms with van der Waals surface area (Å²) in [7, 11) is 1.82. The number of amides is 1. The zero-order chi connectivity index (χ0) is 14.7. The normalized spacial score (nSPS) is 11.1. The van der Waals surface area contributed by atoms with Crippen molar-refractivity contribution in [2.75, 3.05) is 5.32 Å². The van der Waals surface area contributed by atoms with Gasteiger partial charge in [0.2, 0.25) is 5.91 Å². The summed E-state index contributed by atoms with van der Waals surface area (Å²) in [5.41, 5.74) is 1.71. The van der Waals surface area contributed by atoms with Crippen LogP contribution in [0.1, 0.15) is 5.69 Å². The second kappa shape index (κ2) is 5.58. The van der Waals surface area contributed by atoms with E-state index >= 15 is 0 Å². The van der Waals surface area contributed by atoms with Gasteiger partial charge in [0.05, 0.1) is 11.2 Å². The Kier molecular flexibility index (Phi) is 3.47. The number of fused-ring (bicyclic) bond motifs is 1. The molecule has 0 unspecified atom stereocenters. The Morgan fingerprint density at radius 3 is 2.86 bits per heavy atom. The van der Waals surface area contributed by atoms with Gasteiger partial charge in [0.15, 0.2) is 0 Å². The minimum Gasteiger partial charge on any atom is -0.307 e. The van der Waals surface area contributed by atoms with Crippen LogP contribution in [0, 0.1) is 0 Å². The maximum atomic E-state index is 11.9. The highest BCUT2D eigenvalue weighted by Crippen LogP contribution is 2.14. The molecule has 104 valence electrons. The summed E-state index contributed by atoms with van der Waals surface area (Å²) in [5.74, 6) is 0.312. The van der Waals surface area contributed by atoms with Crippen LogP contribution in [0.3, 0.4) is 0 Å². The van der Waals surface area contributed by atoms with Crippen LogP contribution in [-0.4, -0.2) is 20.7 Å². The van der Waals surface area contributed by atoms with Crippen LogP contribution in [0.5, 0.6) is 0 Å². The van der Waals surface area contributed by atoms with Crippen molar-refractivity contribution in [2.24, 2.45) is 7.05 Å². The number of nitrogens with zero attached hydrogens (tertiary/aromatic N) is 3. The molecule has 3 aromatic rings. The number of hydrogen-bond donors (Lipinski definition) is 1. The maximum Gasteiger partial charge on any atom is 0.249 e. The van der Waals surface area contributed by atoms with E-state index in [-0.39, 0.29) is 5.91 Å². The average Bonchev–Trinajstić information content (AvgIpc) is 2.90. The number of para-hydroxylation sites is 1. The molecule has 2 aromatic heterocycles. The summed E-state index contributed by atoms with van der Waals surface area (Å²) in [5, 5.41) is 7.83. The Morgan fingerprint density at radius 1 is 1.19 bits per heavy atom. The van der Waals surface area contributed by atoms with Crippen molar-refractivity contribution in [2.45, 2.75) is 0 Å². The van der Waals surface area contributed by atoms with E-state index in [9.17, 15) is 4.79 Å². The van der Waals surface area contributed by atoms with E-state index < -0.39 is 0 Å². The highest BCUT2D eigenvalue weighted by atomic mass is 16.1. The maximum absolute atomic E-state index is 11.9. The zero-order valence-electron chi connectivity index (χ0n) is 11.5. The number of hydrogen-bond acceptors (Lipinski definition) is 3. The van der Waals surface area contributed by atoms with Gasteiger partial charge in [0.25, 0.3) is 0 Å². The highest BCUT2D eigenvalue weighted by molar-refractivity contribution is 6.01. The number of aryl methyl sites for hydroxylation is 1. The SMILES string of the molecule is Cn1nccc1/C=C/C(=O)Nc1ccc2ccccc2n1. The number of carbonyl (C=O) groups excluding carboxylic acids is 1. The molecule has 0 atom stereocenters. The molecule has 1 aromatic carbocycles. The van der Waals surface area contributed by atoms with Gasteiger partial charge in [-0.25, -0.2) is 4.98 Å². The number of carbonyl (C=O) groups is 1. The molecule has 1 amide bonds. The molecule has 2 heterocycles. The quantitative estimate of drug-likeness (QED) is 0.749. The third-order valence-corrected chi connectivity index (χ3v) is 3.11. The Balaban J connectivity index is 1.74. The van der Waals surface area contributed by atoms with Gasteiger partial charge in [0, 0.05) is 24.7 Å². The fraction of sp³-hybridized carbons (Fsp3) is 0.0625. The van der Waals surface area contributed by atoms with E-state index in [1.165, 1.54) is 6.08 Å². The third kappa shape index (κ3) is 2.97. The lowest BCUT2D eigenvalue weighted by Gasteiger charge is -2.03. The van der Waals surface area contributed by atoms with Gasteiger partial charge in [-0.05, 0) is 30.3 Å². The van der Waals surface area contributed by atoms with Gasteiger partial charge in [0.1, 0.15) is 5.82 Å². The molecular formula is C16H14N4O. The monoisotopic (exact) mass is 278 g/mol. The van der Waals surface area contributed by atoms with Crippen molar-refractivity contribution in [3.63, 3.8) is 0 Å². The van der Waals surface area contributed by atoms with Crippen molar-refractivity contribution in [3.05, 3.63) is 60.4 Å². The molecule has 0 saturated heterocycles.